The van der Waals surface area contributed by atoms with Crippen LogP contribution in [0.25, 0.3) is 11.4 Å². The Hall–Kier alpha value is -3.61. The van der Waals surface area contributed by atoms with Crippen LogP contribution in [0.4, 0.5) is 20.3 Å². The molecule has 10 heteroatoms. The van der Waals surface area contributed by atoms with Crippen LogP contribution >= 0.6 is 0 Å². The molecule has 158 valence electrons. The number of halogens is 2. The van der Waals surface area contributed by atoms with Crippen molar-refractivity contribution in [3.63, 3.8) is 0 Å². The predicted octanol–water partition coefficient (Wildman–Crippen LogP) is 2.94. The number of nitriles is 1. The third kappa shape index (κ3) is 3.46. The van der Waals surface area contributed by atoms with Gasteiger partial charge in [0.15, 0.2) is 11.6 Å². The Morgan fingerprint density at radius 2 is 1.84 bits per heavy atom. The average molecular weight is 422 g/mol. The average Bonchev–Trinajstić information content (AvgIpc) is 3.25. The number of aryl methyl sites for hydroxylation is 1. The normalized spacial score (nSPS) is 20.4. The summed E-state index contributed by atoms with van der Waals surface area (Å²) in [4.78, 5) is 17.4. The Bertz CT molecular complexity index is 1140. The van der Waals surface area contributed by atoms with E-state index in [4.69, 9.17) is 4.98 Å². The summed E-state index contributed by atoms with van der Waals surface area (Å²) in [7, 11) is 1.83. The lowest BCUT2D eigenvalue weighted by Crippen LogP contribution is -2.63. The molecule has 0 spiro atoms. The summed E-state index contributed by atoms with van der Waals surface area (Å²) >= 11 is 0. The molecule has 8 nitrogen and oxygen atoms in total. The van der Waals surface area contributed by atoms with Crippen molar-refractivity contribution in [2.24, 2.45) is 7.05 Å². The first-order valence-electron chi connectivity index (χ1n) is 10.1. The summed E-state index contributed by atoms with van der Waals surface area (Å²) in [5, 5.41) is 13.8. The Labute approximate surface area is 177 Å². The van der Waals surface area contributed by atoms with Crippen molar-refractivity contribution in [1.82, 2.24) is 24.7 Å². The number of piperidine rings is 2. The fraction of sp³-hybridized carbons (Fsp3) is 0.381. The summed E-state index contributed by atoms with van der Waals surface area (Å²) in [6, 6.07) is 5.66. The molecule has 3 aromatic rings. The predicted molar refractivity (Wildman–Crippen MR) is 110 cm³/mol. The lowest BCUT2D eigenvalue weighted by Gasteiger charge is -2.53. The van der Waals surface area contributed by atoms with Crippen molar-refractivity contribution in [3.05, 3.63) is 48.2 Å². The lowest BCUT2D eigenvalue weighted by molar-refractivity contribution is 0.146. The maximum absolute atomic E-state index is 12.8. The van der Waals surface area contributed by atoms with Crippen molar-refractivity contribution in [2.45, 2.75) is 31.4 Å². The van der Waals surface area contributed by atoms with E-state index in [2.05, 4.69) is 30.9 Å². The fourth-order valence-corrected chi connectivity index (χ4v) is 4.45. The highest BCUT2D eigenvalue weighted by atomic mass is 19.3. The Kier molecular flexibility index (Phi) is 4.73. The number of hydrogen-bond donors (Lipinski definition) is 0. The molecule has 0 aromatic carbocycles. The molecule has 6 rings (SSSR count). The molecular formula is C21H20F2N8. The first-order valence-corrected chi connectivity index (χ1v) is 10.1. The number of anilines is 2. The van der Waals surface area contributed by atoms with E-state index in [9.17, 15) is 14.0 Å². The van der Waals surface area contributed by atoms with Gasteiger partial charge < -0.3 is 9.80 Å². The van der Waals surface area contributed by atoms with Gasteiger partial charge in [-0.05, 0) is 25.0 Å². The van der Waals surface area contributed by atoms with Gasteiger partial charge in [-0.25, -0.2) is 18.7 Å². The minimum Gasteiger partial charge on any atom is -0.363 e. The van der Waals surface area contributed by atoms with Crippen molar-refractivity contribution < 1.29 is 8.78 Å². The van der Waals surface area contributed by atoms with Crippen molar-refractivity contribution >= 4 is 11.5 Å². The smallest absolute Gasteiger partial charge is 0.280 e. The summed E-state index contributed by atoms with van der Waals surface area (Å²) < 4.78 is 27.3. The van der Waals surface area contributed by atoms with E-state index in [1.807, 2.05) is 13.2 Å². The van der Waals surface area contributed by atoms with Crippen LogP contribution in [0.1, 0.15) is 30.5 Å². The SMILES string of the molecule is Cn1cc(-c2ncc(C#N)c(N3C[C@@H]4CC[C@H]3CN4c3ccc(C(F)F)nc3)n2)cn1. The zero-order valence-corrected chi connectivity index (χ0v) is 16.9. The molecule has 0 N–H and O–H groups in total. The maximum Gasteiger partial charge on any atom is 0.280 e. The van der Waals surface area contributed by atoms with Gasteiger partial charge in [0.05, 0.1) is 29.8 Å². The molecule has 0 saturated carbocycles. The molecule has 0 unspecified atom stereocenters. The molecular weight excluding hydrogens is 402 g/mol. The van der Waals surface area contributed by atoms with Crippen LogP contribution < -0.4 is 9.80 Å². The number of pyridine rings is 1. The highest BCUT2D eigenvalue weighted by Crippen LogP contribution is 2.36. The molecule has 0 radical (unpaired) electrons. The number of alkyl halides is 2. The third-order valence-corrected chi connectivity index (χ3v) is 5.98. The zero-order valence-electron chi connectivity index (χ0n) is 16.9. The number of piperazine rings is 1. The largest absolute Gasteiger partial charge is 0.363 e. The number of hydrogen-bond acceptors (Lipinski definition) is 7. The number of aromatic nitrogens is 5. The monoisotopic (exact) mass is 422 g/mol. The van der Waals surface area contributed by atoms with Gasteiger partial charge in [-0.3, -0.25) is 9.67 Å². The van der Waals surface area contributed by atoms with Gasteiger partial charge in [-0.1, -0.05) is 0 Å². The van der Waals surface area contributed by atoms with Crippen LogP contribution in [0.3, 0.4) is 0 Å². The van der Waals surface area contributed by atoms with Gasteiger partial charge in [-0.2, -0.15) is 10.4 Å². The van der Waals surface area contributed by atoms with E-state index in [-0.39, 0.29) is 17.8 Å². The molecule has 3 aliphatic rings. The van der Waals surface area contributed by atoms with E-state index >= 15 is 0 Å². The minimum absolute atomic E-state index is 0.156. The Morgan fingerprint density at radius 1 is 1.06 bits per heavy atom. The number of fused-ring (bicyclic) bond motifs is 3. The van der Waals surface area contributed by atoms with Crippen LogP contribution in [0, 0.1) is 11.3 Å². The van der Waals surface area contributed by atoms with Crippen LogP contribution in [-0.4, -0.2) is 49.9 Å². The van der Waals surface area contributed by atoms with Gasteiger partial charge in [0, 0.05) is 38.4 Å². The third-order valence-electron chi connectivity index (χ3n) is 5.98. The number of rotatable bonds is 4. The van der Waals surface area contributed by atoms with Crippen molar-refractivity contribution in [2.75, 3.05) is 22.9 Å². The van der Waals surface area contributed by atoms with Gasteiger partial charge in [0.2, 0.25) is 0 Å². The van der Waals surface area contributed by atoms with Gasteiger partial charge in [0.1, 0.15) is 17.3 Å². The molecule has 3 aromatic heterocycles. The molecule has 2 atom stereocenters. The highest BCUT2D eigenvalue weighted by molar-refractivity contribution is 5.62. The first-order chi connectivity index (χ1) is 15.0. The van der Waals surface area contributed by atoms with E-state index in [0.29, 0.717) is 23.8 Å². The van der Waals surface area contributed by atoms with E-state index < -0.39 is 6.43 Å². The maximum atomic E-state index is 12.8. The summed E-state index contributed by atoms with van der Waals surface area (Å²) in [5.41, 5.74) is 1.87. The van der Waals surface area contributed by atoms with E-state index in [0.717, 1.165) is 30.6 Å². The standard InChI is InChI=1S/C21H20F2N8/c1-29-10-14(8-27-29)20-26-7-13(6-24)21(28-20)31-12-16-2-3-17(31)11-30(16)15-4-5-18(19(22)23)25-9-15/h4-5,7-10,16-17,19H,2-3,11-12H2,1H3/t16-,17-/m0/s1. The first kappa shape index (κ1) is 19.4. The van der Waals surface area contributed by atoms with Crippen molar-refractivity contribution in [1.29, 1.82) is 5.26 Å². The minimum atomic E-state index is -2.57. The molecule has 0 amide bonds. The van der Waals surface area contributed by atoms with Gasteiger partial charge >= 0.3 is 0 Å². The Balaban J connectivity index is 1.43. The topological polar surface area (TPSA) is 86.8 Å². The summed E-state index contributed by atoms with van der Waals surface area (Å²) in [6.45, 7) is 1.41. The summed E-state index contributed by atoms with van der Waals surface area (Å²) in [5.74, 6) is 1.17. The quantitative estimate of drug-likeness (QED) is 0.639. The molecule has 6 heterocycles. The van der Waals surface area contributed by atoms with Gasteiger partial charge in [0.25, 0.3) is 6.43 Å². The molecule has 31 heavy (non-hydrogen) atoms. The second-order valence-electron chi connectivity index (χ2n) is 7.88. The van der Waals surface area contributed by atoms with E-state index in [1.54, 1.807) is 23.1 Å². The molecule has 3 saturated heterocycles. The molecule has 2 bridgehead atoms. The Morgan fingerprint density at radius 3 is 2.42 bits per heavy atom. The zero-order chi connectivity index (χ0) is 21.5. The van der Waals surface area contributed by atoms with E-state index in [1.165, 1.54) is 12.3 Å². The molecule has 0 aliphatic carbocycles. The molecule has 3 aliphatic heterocycles. The van der Waals surface area contributed by atoms with Crippen LogP contribution in [0.5, 0.6) is 0 Å². The highest BCUT2D eigenvalue weighted by Gasteiger charge is 2.40. The van der Waals surface area contributed by atoms with Gasteiger partial charge in [-0.15, -0.1) is 0 Å². The lowest BCUT2D eigenvalue weighted by atomic mass is 9.90. The van der Waals surface area contributed by atoms with Crippen LogP contribution in [0.15, 0.2) is 36.9 Å². The summed E-state index contributed by atoms with van der Waals surface area (Å²) in [6.07, 6.45) is 6.02. The van der Waals surface area contributed by atoms with Crippen LogP contribution in [-0.2, 0) is 7.05 Å². The number of nitrogens with zero attached hydrogens (tertiary/aromatic N) is 8. The fourth-order valence-electron chi connectivity index (χ4n) is 4.45. The van der Waals surface area contributed by atoms with Crippen molar-refractivity contribution in [3.8, 4) is 17.5 Å². The molecule has 3 fully saturated rings. The second kappa shape index (κ2) is 7.58. The van der Waals surface area contributed by atoms with Crippen LogP contribution in [0.2, 0.25) is 0 Å². The second-order valence-corrected chi connectivity index (χ2v) is 7.88.